The minimum Gasteiger partial charge on any atom is -0.468 e. The molecule has 1 rings (SSSR count). The molecule has 0 spiro atoms. The van der Waals surface area contributed by atoms with Crippen molar-refractivity contribution in [3.63, 3.8) is 0 Å². The Labute approximate surface area is 76.7 Å². The van der Waals surface area contributed by atoms with Gasteiger partial charge < -0.3 is 9.15 Å². The van der Waals surface area contributed by atoms with Gasteiger partial charge in [-0.25, -0.2) is 0 Å². The topological polar surface area (TPSA) is 63.2 Å². The van der Waals surface area contributed by atoms with Crippen molar-refractivity contribution in [2.75, 3.05) is 6.61 Å². The van der Waals surface area contributed by atoms with Crippen LogP contribution < -0.4 is 0 Å². The van der Waals surface area contributed by atoms with Crippen LogP contribution in [0.5, 0.6) is 0 Å². The third kappa shape index (κ3) is 5.50. The van der Waals surface area contributed by atoms with Gasteiger partial charge in [0.2, 0.25) is 5.76 Å². The largest absolute Gasteiger partial charge is 0.468 e. The molecule has 0 aliphatic heterocycles. The fourth-order valence-corrected chi connectivity index (χ4v) is 0.563. The highest BCUT2D eigenvalue weighted by Gasteiger charge is 1.91. The summed E-state index contributed by atoms with van der Waals surface area (Å²) in [7, 11) is 0. The van der Waals surface area contributed by atoms with Gasteiger partial charge in [-0.05, 0) is 26.0 Å². The van der Waals surface area contributed by atoms with Crippen molar-refractivity contribution < 1.29 is 13.9 Å². The third-order valence-electron chi connectivity index (χ3n) is 1.09. The zero-order chi connectivity index (χ0) is 10.1. The number of hydrogen-bond acceptors (Lipinski definition) is 4. The molecule has 0 unspecified atom stereocenters. The molecule has 1 aromatic heterocycles. The van der Waals surface area contributed by atoms with Crippen LogP contribution in [-0.4, -0.2) is 13.1 Å². The lowest BCUT2D eigenvalue weighted by Gasteiger charge is -1.79. The van der Waals surface area contributed by atoms with Crippen LogP contribution in [0.4, 0.5) is 0 Å². The van der Waals surface area contributed by atoms with Crippen molar-refractivity contribution in [2.24, 2.45) is 0 Å². The molecule has 0 radical (unpaired) electrons. The van der Waals surface area contributed by atoms with E-state index >= 15 is 0 Å². The SMILES string of the molecule is CCOC=O.Cc1ccc(C#N)o1. The lowest BCUT2D eigenvalue weighted by molar-refractivity contribution is -0.128. The maximum absolute atomic E-state index is 9.18. The van der Waals surface area contributed by atoms with Crippen molar-refractivity contribution in [3.05, 3.63) is 23.7 Å². The summed E-state index contributed by atoms with van der Waals surface area (Å²) < 4.78 is 9.02. The summed E-state index contributed by atoms with van der Waals surface area (Å²) in [5.41, 5.74) is 0. The Morgan fingerprint density at radius 1 is 1.69 bits per heavy atom. The average Bonchev–Trinajstić information content (AvgIpc) is 2.54. The van der Waals surface area contributed by atoms with Crippen LogP contribution in [0.1, 0.15) is 18.4 Å². The van der Waals surface area contributed by atoms with Gasteiger partial charge in [-0.2, -0.15) is 5.26 Å². The van der Waals surface area contributed by atoms with Gasteiger partial charge in [-0.1, -0.05) is 0 Å². The Hall–Kier alpha value is -1.76. The first kappa shape index (κ1) is 11.2. The standard InChI is InChI=1S/C6H5NO.C3H6O2/c1-5-2-3-6(4-7)8-5;1-2-5-3-4/h2-3H,1H3;3H,2H2,1H3. The monoisotopic (exact) mass is 181 g/mol. The van der Waals surface area contributed by atoms with E-state index in [0.717, 1.165) is 5.76 Å². The van der Waals surface area contributed by atoms with Crippen LogP contribution >= 0.6 is 0 Å². The van der Waals surface area contributed by atoms with Crippen molar-refractivity contribution in [1.29, 1.82) is 5.26 Å². The Morgan fingerprint density at radius 3 is 2.54 bits per heavy atom. The van der Waals surface area contributed by atoms with Gasteiger partial charge in [0.05, 0.1) is 6.61 Å². The van der Waals surface area contributed by atoms with Gasteiger partial charge in [-0.3, -0.25) is 4.79 Å². The highest BCUT2D eigenvalue weighted by molar-refractivity contribution is 5.36. The second kappa shape index (κ2) is 6.92. The first-order chi connectivity index (χ1) is 6.24. The van der Waals surface area contributed by atoms with Gasteiger partial charge in [0, 0.05) is 0 Å². The molecule has 0 bridgehead atoms. The molecule has 1 heterocycles. The van der Waals surface area contributed by atoms with Crippen LogP contribution in [0.15, 0.2) is 16.5 Å². The van der Waals surface area contributed by atoms with Crippen LogP contribution in [0.3, 0.4) is 0 Å². The fourth-order valence-electron chi connectivity index (χ4n) is 0.563. The van der Waals surface area contributed by atoms with E-state index in [1.807, 2.05) is 6.07 Å². The lowest BCUT2D eigenvalue weighted by Crippen LogP contribution is -1.80. The van der Waals surface area contributed by atoms with Gasteiger partial charge in [0.15, 0.2) is 0 Å². The Morgan fingerprint density at radius 2 is 2.38 bits per heavy atom. The minimum atomic E-state index is 0.377. The van der Waals surface area contributed by atoms with Crippen molar-refractivity contribution in [2.45, 2.75) is 13.8 Å². The normalized spacial score (nSPS) is 7.77. The number of hydrogen-bond donors (Lipinski definition) is 0. The molecule has 0 aromatic carbocycles. The second-order valence-corrected chi connectivity index (χ2v) is 2.07. The summed E-state index contributed by atoms with van der Waals surface area (Å²) >= 11 is 0. The van der Waals surface area contributed by atoms with Gasteiger partial charge >= 0.3 is 0 Å². The number of nitrogens with zero attached hydrogens (tertiary/aromatic N) is 1. The summed E-state index contributed by atoms with van der Waals surface area (Å²) in [6.45, 7) is 4.47. The summed E-state index contributed by atoms with van der Waals surface area (Å²) in [5, 5.41) is 8.21. The van der Waals surface area contributed by atoms with Crippen LogP contribution in [-0.2, 0) is 9.53 Å². The maximum atomic E-state index is 9.18. The van der Waals surface area contributed by atoms with Crippen molar-refractivity contribution >= 4 is 6.47 Å². The Bertz CT molecular complexity index is 285. The van der Waals surface area contributed by atoms with E-state index in [4.69, 9.17) is 9.68 Å². The van der Waals surface area contributed by atoms with E-state index in [2.05, 4.69) is 4.74 Å². The summed E-state index contributed by atoms with van der Waals surface area (Å²) in [6, 6.07) is 5.29. The number of aryl methyl sites for hydroxylation is 1. The highest BCUT2D eigenvalue weighted by Crippen LogP contribution is 2.02. The molecule has 0 aliphatic rings. The first-order valence-corrected chi connectivity index (χ1v) is 3.76. The molecule has 0 amide bonds. The zero-order valence-electron chi connectivity index (χ0n) is 7.61. The van der Waals surface area contributed by atoms with E-state index in [0.29, 0.717) is 18.8 Å². The third-order valence-corrected chi connectivity index (χ3v) is 1.09. The minimum absolute atomic E-state index is 0.377. The first-order valence-electron chi connectivity index (χ1n) is 3.76. The molecule has 0 saturated carbocycles. The van der Waals surface area contributed by atoms with Gasteiger partial charge in [0.1, 0.15) is 11.8 Å². The number of carbonyl (C=O) groups excluding carboxylic acids is 1. The molecule has 1 aromatic rings. The molecule has 70 valence electrons. The highest BCUT2D eigenvalue weighted by atomic mass is 16.5. The maximum Gasteiger partial charge on any atom is 0.293 e. The number of rotatable bonds is 2. The molecule has 13 heavy (non-hydrogen) atoms. The number of ether oxygens (including phenoxy) is 1. The summed E-state index contributed by atoms with van der Waals surface area (Å²) in [5.74, 6) is 1.16. The Balaban J connectivity index is 0.000000252. The van der Waals surface area contributed by atoms with E-state index in [9.17, 15) is 4.79 Å². The predicted octanol–water partition coefficient (Wildman–Crippen LogP) is 1.64. The number of nitriles is 1. The molecule has 0 saturated heterocycles. The Kier molecular flexibility index (Phi) is 5.98. The van der Waals surface area contributed by atoms with E-state index in [1.54, 1.807) is 26.0 Å². The van der Waals surface area contributed by atoms with E-state index in [1.165, 1.54) is 0 Å². The summed E-state index contributed by atoms with van der Waals surface area (Å²) in [6.07, 6.45) is 0. The quantitative estimate of drug-likeness (QED) is 0.650. The molecular weight excluding hydrogens is 170 g/mol. The summed E-state index contributed by atoms with van der Waals surface area (Å²) in [4.78, 5) is 9.18. The van der Waals surface area contributed by atoms with E-state index < -0.39 is 0 Å². The molecule has 0 N–H and O–H groups in total. The fraction of sp³-hybridized carbons (Fsp3) is 0.333. The zero-order valence-corrected chi connectivity index (χ0v) is 7.61. The lowest BCUT2D eigenvalue weighted by atomic mass is 10.5. The second-order valence-electron chi connectivity index (χ2n) is 2.07. The number of furan rings is 1. The molecule has 4 nitrogen and oxygen atoms in total. The molecule has 0 fully saturated rings. The molecular formula is C9H11NO3. The smallest absolute Gasteiger partial charge is 0.293 e. The number of carbonyl (C=O) groups is 1. The van der Waals surface area contributed by atoms with Gasteiger partial charge in [-0.15, -0.1) is 0 Å². The van der Waals surface area contributed by atoms with Gasteiger partial charge in [0.25, 0.3) is 6.47 Å². The predicted molar refractivity (Wildman–Crippen MR) is 45.9 cm³/mol. The average molecular weight is 181 g/mol. The van der Waals surface area contributed by atoms with Crippen LogP contribution in [0, 0.1) is 18.3 Å². The van der Waals surface area contributed by atoms with E-state index in [-0.39, 0.29) is 0 Å². The molecule has 0 atom stereocenters. The molecule has 4 heteroatoms. The molecule has 0 aliphatic carbocycles. The van der Waals surface area contributed by atoms with Crippen LogP contribution in [0.2, 0.25) is 0 Å². The van der Waals surface area contributed by atoms with Crippen LogP contribution in [0.25, 0.3) is 0 Å². The van der Waals surface area contributed by atoms with Crippen molar-refractivity contribution in [1.82, 2.24) is 0 Å². The van der Waals surface area contributed by atoms with Crippen molar-refractivity contribution in [3.8, 4) is 6.07 Å².